The van der Waals surface area contributed by atoms with Gasteiger partial charge in [0, 0.05) is 13.1 Å². The molecule has 2 aromatic rings. The van der Waals surface area contributed by atoms with Gasteiger partial charge in [-0.05, 0) is 18.1 Å². The van der Waals surface area contributed by atoms with Crippen LogP contribution < -0.4 is 0 Å². The first-order chi connectivity index (χ1) is 14.1. The second-order valence-corrected chi connectivity index (χ2v) is 6.98. The van der Waals surface area contributed by atoms with Crippen LogP contribution in [-0.4, -0.2) is 59.7 Å². The molecule has 0 radical (unpaired) electrons. The standard InChI is InChI=1S/C23H31NO5/c1-2-29-22(27)13-14-28-19-23(17-25,18-26)24(15-20-9-5-3-6-10-20)16-21-11-7-4-8-12-21/h3-12,25-26H,2,13-19H2,1H3. The monoisotopic (exact) mass is 401 g/mol. The number of aliphatic hydroxyl groups excluding tert-OH is 2. The predicted octanol–water partition coefficient (Wildman–Crippen LogP) is 2.38. The Balaban J connectivity index is 2.14. The van der Waals surface area contributed by atoms with Gasteiger partial charge in [0.1, 0.15) is 0 Å². The Morgan fingerprint density at radius 2 is 1.45 bits per heavy atom. The number of benzene rings is 2. The number of carbonyl (C=O) groups is 1. The van der Waals surface area contributed by atoms with E-state index in [2.05, 4.69) is 0 Å². The minimum atomic E-state index is -0.986. The van der Waals surface area contributed by atoms with Gasteiger partial charge in [-0.2, -0.15) is 0 Å². The highest BCUT2D eigenvalue weighted by Gasteiger charge is 2.36. The molecule has 0 heterocycles. The molecule has 6 nitrogen and oxygen atoms in total. The van der Waals surface area contributed by atoms with Crippen LogP contribution in [0.5, 0.6) is 0 Å². The van der Waals surface area contributed by atoms with Crippen LogP contribution in [0.3, 0.4) is 0 Å². The third kappa shape index (κ3) is 7.25. The lowest BCUT2D eigenvalue weighted by Crippen LogP contribution is -2.57. The number of aliphatic hydroxyl groups is 2. The molecule has 0 spiro atoms. The van der Waals surface area contributed by atoms with Crippen LogP contribution >= 0.6 is 0 Å². The van der Waals surface area contributed by atoms with Crippen molar-refractivity contribution in [3.8, 4) is 0 Å². The Kier molecular flexibility index (Phi) is 9.80. The summed E-state index contributed by atoms with van der Waals surface area (Å²) in [4.78, 5) is 13.5. The average molecular weight is 402 g/mol. The lowest BCUT2D eigenvalue weighted by atomic mass is 9.98. The van der Waals surface area contributed by atoms with Gasteiger partial charge in [0.25, 0.3) is 0 Å². The van der Waals surface area contributed by atoms with Crippen molar-refractivity contribution in [1.29, 1.82) is 0 Å². The molecule has 0 aliphatic heterocycles. The van der Waals surface area contributed by atoms with Crippen molar-refractivity contribution in [2.45, 2.75) is 32.0 Å². The lowest BCUT2D eigenvalue weighted by molar-refractivity contribution is -0.145. The number of ether oxygens (including phenoxy) is 2. The van der Waals surface area contributed by atoms with E-state index in [-0.39, 0.29) is 38.8 Å². The van der Waals surface area contributed by atoms with E-state index < -0.39 is 5.54 Å². The van der Waals surface area contributed by atoms with Crippen LogP contribution in [0, 0.1) is 0 Å². The van der Waals surface area contributed by atoms with Crippen LogP contribution in [0.2, 0.25) is 0 Å². The minimum Gasteiger partial charge on any atom is -0.466 e. The Labute approximate surface area is 172 Å². The fraction of sp³-hybridized carbons (Fsp3) is 0.435. The number of hydrogen-bond donors (Lipinski definition) is 2. The molecule has 0 aromatic heterocycles. The average Bonchev–Trinajstić information content (AvgIpc) is 2.76. The molecule has 2 rings (SSSR count). The Morgan fingerprint density at radius 1 is 0.931 bits per heavy atom. The van der Waals surface area contributed by atoms with Gasteiger partial charge in [-0.15, -0.1) is 0 Å². The summed E-state index contributed by atoms with van der Waals surface area (Å²) in [5, 5.41) is 20.4. The predicted molar refractivity (Wildman–Crippen MR) is 111 cm³/mol. The molecule has 0 unspecified atom stereocenters. The van der Waals surface area contributed by atoms with Crippen LogP contribution in [0.15, 0.2) is 60.7 Å². The van der Waals surface area contributed by atoms with E-state index in [1.807, 2.05) is 65.6 Å². The van der Waals surface area contributed by atoms with Crippen LogP contribution in [-0.2, 0) is 27.4 Å². The summed E-state index contributed by atoms with van der Waals surface area (Å²) in [7, 11) is 0. The highest BCUT2D eigenvalue weighted by molar-refractivity contribution is 5.69. The van der Waals surface area contributed by atoms with Gasteiger partial charge >= 0.3 is 5.97 Å². The number of rotatable bonds is 13. The molecule has 0 aliphatic carbocycles. The molecule has 6 heteroatoms. The maximum atomic E-state index is 11.5. The fourth-order valence-electron chi connectivity index (χ4n) is 3.08. The molecule has 2 aromatic carbocycles. The third-order valence-corrected chi connectivity index (χ3v) is 4.82. The van der Waals surface area contributed by atoms with Gasteiger partial charge < -0.3 is 19.7 Å². The Bertz CT molecular complexity index is 662. The van der Waals surface area contributed by atoms with E-state index in [4.69, 9.17) is 9.47 Å². The summed E-state index contributed by atoms with van der Waals surface area (Å²) in [6.45, 7) is 2.88. The lowest BCUT2D eigenvalue weighted by Gasteiger charge is -2.41. The molecule has 2 N–H and O–H groups in total. The Hall–Kier alpha value is -2.25. The summed E-state index contributed by atoms with van der Waals surface area (Å²) in [5.41, 5.74) is 1.16. The quantitative estimate of drug-likeness (QED) is 0.396. The zero-order valence-corrected chi connectivity index (χ0v) is 17.0. The molecular weight excluding hydrogens is 370 g/mol. The molecule has 0 atom stereocenters. The smallest absolute Gasteiger partial charge is 0.308 e. The zero-order chi connectivity index (χ0) is 21.0. The summed E-state index contributed by atoms with van der Waals surface area (Å²) in [6.07, 6.45) is 0.137. The molecule has 0 amide bonds. The molecule has 0 bridgehead atoms. The minimum absolute atomic E-state index is 0.0963. The fourth-order valence-corrected chi connectivity index (χ4v) is 3.08. The van der Waals surface area contributed by atoms with Gasteiger partial charge in [0.05, 0.1) is 45.0 Å². The largest absolute Gasteiger partial charge is 0.466 e. The van der Waals surface area contributed by atoms with Crippen molar-refractivity contribution in [2.75, 3.05) is 33.0 Å². The van der Waals surface area contributed by atoms with Gasteiger partial charge in [-0.25, -0.2) is 0 Å². The number of hydrogen-bond acceptors (Lipinski definition) is 6. The normalized spacial score (nSPS) is 11.6. The third-order valence-electron chi connectivity index (χ3n) is 4.82. The number of nitrogens with zero attached hydrogens (tertiary/aromatic N) is 1. The maximum absolute atomic E-state index is 11.5. The molecule has 0 fully saturated rings. The van der Waals surface area contributed by atoms with Crippen LogP contribution in [0.1, 0.15) is 24.5 Å². The maximum Gasteiger partial charge on any atom is 0.308 e. The molecule has 0 aliphatic rings. The summed E-state index contributed by atoms with van der Waals surface area (Å²) >= 11 is 0. The number of esters is 1. The SMILES string of the molecule is CCOC(=O)CCOCC(CO)(CO)N(Cc1ccccc1)Cc1ccccc1. The van der Waals surface area contributed by atoms with E-state index in [1.54, 1.807) is 6.92 Å². The summed E-state index contributed by atoms with van der Waals surface area (Å²) in [6, 6.07) is 19.8. The van der Waals surface area contributed by atoms with E-state index in [1.165, 1.54) is 0 Å². The molecule has 158 valence electrons. The van der Waals surface area contributed by atoms with E-state index in [0.717, 1.165) is 11.1 Å². The van der Waals surface area contributed by atoms with Crippen molar-refractivity contribution in [3.05, 3.63) is 71.8 Å². The van der Waals surface area contributed by atoms with Gasteiger partial charge in [0.2, 0.25) is 0 Å². The van der Waals surface area contributed by atoms with E-state index >= 15 is 0 Å². The van der Waals surface area contributed by atoms with E-state index in [9.17, 15) is 15.0 Å². The number of carbonyl (C=O) groups excluding carboxylic acids is 1. The first kappa shape index (κ1) is 23.0. The van der Waals surface area contributed by atoms with Crippen molar-refractivity contribution < 1.29 is 24.5 Å². The molecule has 29 heavy (non-hydrogen) atoms. The molecular formula is C23H31NO5. The van der Waals surface area contributed by atoms with Crippen LogP contribution in [0.25, 0.3) is 0 Å². The first-order valence-corrected chi connectivity index (χ1v) is 9.91. The van der Waals surface area contributed by atoms with Crippen molar-refractivity contribution in [1.82, 2.24) is 4.90 Å². The highest BCUT2D eigenvalue weighted by Crippen LogP contribution is 2.22. The van der Waals surface area contributed by atoms with Gasteiger partial charge in [-0.3, -0.25) is 9.69 Å². The summed E-state index contributed by atoms with van der Waals surface area (Å²) < 4.78 is 10.6. The van der Waals surface area contributed by atoms with Gasteiger partial charge in [-0.1, -0.05) is 60.7 Å². The van der Waals surface area contributed by atoms with Crippen molar-refractivity contribution >= 4 is 5.97 Å². The zero-order valence-electron chi connectivity index (χ0n) is 17.0. The second kappa shape index (κ2) is 12.3. The van der Waals surface area contributed by atoms with Crippen molar-refractivity contribution in [3.63, 3.8) is 0 Å². The Morgan fingerprint density at radius 3 is 1.90 bits per heavy atom. The van der Waals surface area contributed by atoms with Crippen molar-refractivity contribution in [2.24, 2.45) is 0 Å². The van der Waals surface area contributed by atoms with Gasteiger partial charge in [0.15, 0.2) is 0 Å². The topological polar surface area (TPSA) is 79.2 Å². The van der Waals surface area contributed by atoms with E-state index in [0.29, 0.717) is 19.7 Å². The summed E-state index contributed by atoms with van der Waals surface area (Å²) in [5.74, 6) is -0.323. The second-order valence-electron chi connectivity index (χ2n) is 6.98. The highest BCUT2D eigenvalue weighted by atomic mass is 16.5. The van der Waals surface area contributed by atoms with Crippen LogP contribution in [0.4, 0.5) is 0 Å². The molecule has 0 saturated heterocycles. The first-order valence-electron chi connectivity index (χ1n) is 9.91. The molecule has 0 saturated carbocycles.